The number of phenolic OH excluding ortho intramolecular Hbond substituents is 1. The Morgan fingerprint density at radius 1 is 1.21 bits per heavy atom. The molecule has 0 unspecified atom stereocenters. The number of anilines is 1. The van der Waals surface area contributed by atoms with E-state index in [1.807, 2.05) is 0 Å². The van der Waals surface area contributed by atoms with E-state index in [1.54, 1.807) is 24.3 Å². The van der Waals surface area contributed by atoms with Gasteiger partial charge in [-0.25, -0.2) is 0 Å². The van der Waals surface area contributed by atoms with Gasteiger partial charge in [0, 0.05) is 23.3 Å². The number of carboxylic acids is 1. The van der Waals surface area contributed by atoms with Gasteiger partial charge < -0.3 is 10.2 Å². The van der Waals surface area contributed by atoms with Crippen LogP contribution in [-0.2, 0) is 14.4 Å². The summed E-state index contributed by atoms with van der Waals surface area (Å²) in [4.78, 5) is 48.6. The van der Waals surface area contributed by atoms with Gasteiger partial charge in [-0.2, -0.15) is 10.1 Å². The predicted molar refractivity (Wildman–Crippen MR) is 123 cm³/mol. The smallest absolute Gasteiger partial charge is 0.323 e. The van der Waals surface area contributed by atoms with Crippen molar-refractivity contribution in [2.75, 3.05) is 11.4 Å². The number of carboxylic acid groups (broad SMARTS) is 1. The molecule has 0 radical (unpaired) electrons. The van der Waals surface area contributed by atoms with E-state index in [0.29, 0.717) is 11.3 Å². The minimum absolute atomic E-state index is 0.00867. The maximum absolute atomic E-state index is 13.1. The summed E-state index contributed by atoms with van der Waals surface area (Å²) >= 11 is 6.04. The molecule has 2 amide bonds. The number of amides is 2. The van der Waals surface area contributed by atoms with Crippen molar-refractivity contribution in [2.24, 2.45) is 5.10 Å². The van der Waals surface area contributed by atoms with Gasteiger partial charge in [-0.05, 0) is 24.4 Å². The number of carbonyl (C=O) groups excluding carboxylic acids is 2. The van der Waals surface area contributed by atoms with Crippen molar-refractivity contribution in [1.82, 2.24) is 5.01 Å². The average Bonchev–Trinajstić information content (AvgIpc) is 3.19. The number of para-hydroxylation sites is 1. The zero-order valence-corrected chi connectivity index (χ0v) is 18.0. The molecule has 1 fully saturated rings. The Balaban J connectivity index is 1.71. The van der Waals surface area contributed by atoms with Crippen molar-refractivity contribution in [2.45, 2.75) is 0 Å². The van der Waals surface area contributed by atoms with Crippen LogP contribution < -0.4 is 4.90 Å². The largest absolute Gasteiger partial charge is 0.507 e. The molecule has 0 aromatic heterocycles. The molecular weight excluding hydrogens is 472 g/mol. The van der Waals surface area contributed by atoms with Crippen LogP contribution in [0.25, 0.3) is 5.57 Å². The highest BCUT2D eigenvalue weighted by Gasteiger charge is 2.42. The third-order valence-electron chi connectivity index (χ3n) is 4.73. The number of hydrazone groups is 1. The predicted octanol–water partition coefficient (Wildman–Crippen LogP) is 2.34. The van der Waals surface area contributed by atoms with Crippen molar-refractivity contribution >= 4 is 69.2 Å². The quantitative estimate of drug-likeness (QED) is 0.214. The van der Waals surface area contributed by atoms with Crippen LogP contribution in [0.3, 0.4) is 0 Å². The monoisotopic (exact) mass is 484 g/mol. The SMILES string of the molecule is O=C(O)CN1C(=O)/C(=C2\SC(=S)N(/N=C\c3cc([N+](=O)[O-])ccc3O)C2=O)c2ccccc21. The van der Waals surface area contributed by atoms with E-state index in [4.69, 9.17) is 17.3 Å². The van der Waals surface area contributed by atoms with Crippen LogP contribution >= 0.6 is 24.0 Å². The first-order chi connectivity index (χ1) is 15.7. The number of carbonyl (C=O) groups is 3. The number of non-ortho nitro benzene ring substituents is 1. The summed E-state index contributed by atoms with van der Waals surface area (Å²) in [6.45, 7) is -0.580. The lowest BCUT2D eigenvalue weighted by molar-refractivity contribution is -0.384. The summed E-state index contributed by atoms with van der Waals surface area (Å²) in [7, 11) is 0. The van der Waals surface area contributed by atoms with Crippen molar-refractivity contribution in [3.8, 4) is 5.75 Å². The van der Waals surface area contributed by atoms with E-state index in [9.17, 15) is 29.6 Å². The summed E-state index contributed by atoms with van der Waals surface area (Å²) in [5, 5.41) is 34.8. The highest BCUT2D eigenvalue weighted by Crippen LogP contribution is 2.44. The number of rotatable bonds is 5. The molecule has 13 heteroatoms. The number of thioether (sulfide) groups is 1. The Labute approximate surface area is 194 Å². The first-order valence-electron chi connectivity index (χ1n) is 9.14. The minimum Gasteiger partial charge on any atom is -0.507 e. The zero-order chi connectivity index (χ0) is 23.9. The molecule has 0 atom stereocenters. The topological polar surface area (TPSA) is 154 Å². The second-order valence-electron chi connectivity index (χ2n) is 6.74. The van der Waals surface area contributed by atoms with Gasteiger partial charge in [0.05, 0.1) is 27.3 Å². The molecular formula is C20H12N4O7S2. The molecule has 2 aliphatic heterocycles. The summed E-state index contributed by atoms with van der Waals surface area (Å²) in [6.07, 6.45) is 1.04. The molecule has 0 spiro atoms. The van der Waals surface area contributed by atoms with Gasteiger partial charge in [-0.3, -0.25) is 29.4 Å². The number of hydrogen-bond acceptors (Lipinski definition) is 9. The molecule has 4 rings (SSSR count). The van der Waals surface area contributed by atoms with Crippen LogP contribution in [0.2, 0.25) is 0 Å². The zero-order valence-electron chi connectivity index (χ0n) is 16.4. The molecule has 33 heavy (non-hydrogen) atoms. The fourth-order valence-electron chi connectivity index (χ4n) is 3.28. The normalized spacial score (nSPS) is 17.9. The van der Waals surface area contributed by atoms with Gasteiger partial charge in [0.2, 0.25) is 0 Å². The Hall–Kier alpha value is -4.10. The number of nitrogens with zero attached hydrogens (tertiary/aromatic N) is 4. The summed E-state index contributed by atoms with van der Waals surface area (Å²) in [5.74, 6) is -2.88. The molecule has 2 heterocycles. The minimum atomic E-state index is -1.21. The third kappa shape index (κ3) is 3.94. The van der Waals surface area contributed by atoms with Crippen LogP contribution in [0, 0.1) is 10.1 Å². The van der Waals surface area contributed by atoms with Crippen molar-refractivity contribution in [1.29, 1.82) is 0 Å². The maximum Gasteiger partial charge on any atom is 0.323 e. The van der Waals surface area contributed by atoms with Gasteiger partial charge in [0.1, 0.15) is 12.3 Å². The highest BCUT2D eigenvalue weighted by molar-refractivity contribution is 8.26. The number of phenols is 1. The number of aliphatic carboxylic acids is 1. The van der Waals surface area contributed by atoms with Crippen LogP contribution in [0.5, 0.6) is 5.75 Å². The van der Waals surface area contributed by atoms with Crippen LogP contribution in [-0.4, -0.2) is 55.0 Å². The molecule has 0 saturated carbocycles. The first kappa shape index (κ1) is 22.1. The Morgan fingerprint density at radius 2 is 1.94 bits per heavy atom. The summed E-state index contributed by atoms with van der Waals surface area (Å²) < 4.78 is -0.00867. The average molecular weight is 484 g/mol. The van der Waals surface area contributed by atoms with Gasteiger partial charge in [0.15, 0.2) is 4.32 Å². The van der Waals surface area contributed by atoms with Crippen LogP contribution in [0.15, 0.2) is 52.5 Å². The molecule has 2 aromatic rings. The van der Waals surface area contributed by atoms with Gasteiger partial charge in [-0.15, -0.1) is 0 Å². The Morgan fingerprint density at radius 3 is 2.64 bits per heavy atom. The second-order valence-corrected chi connectivity index (χ2v) is 8.38. The number of fused-ring (bicyclic) bond motifs is 1. The van der Waals surface area contributed by atoms with Crippen LogP contribution in [0.1, 0.15) is 11.1 Å². The second kappa shape index (κ2) is 8.44. The lowest BCUT2D eigenvalue weighted by Gasteiger charge is -2.13. The standard InChI is InChI=1S/C20H12N4O7S2/c25-14-6-5-11(24(30)31)7-10(14)8-21-23-19(29)17(33-20(23)32)16-12-3-1-2-4-13(12)22(18(16)28)9-15(26)27/h1-8,25H,9H2,(H,26,27)/b17-16-,21-8-. The molecule has 2 N–H and O–H groups in total. The van der Waals surface area contributed by atoms with E-state index >= 15 is 0 Å². The lowest BCUT2D eigenvalue weighted by atomic mass is 10.1. The van der Waals surface area contributed by atoms with Crippen LogP contribution in [0.4, 0.5) is 11.4 Å². The molecule has 0 aliphatic carbocycles. The van der Waals surface area contributed by atoms with E-state index in [2.05, 4.69) is 5.10 Å². The van der Waals surface area contributed by atoms with E-state index < -0.39 is 29.3 Å². The van der Waals surface area contributed by atoms with E-state index in [1.165, 1.54) is 0 Å². The van der Waals surface area contributed by atoms with E-state index in [-0.39, 0.29) is 31.8 Å². The van der Waals surface area contributed by atoms with Gasteiger partial charge in [-0.1, -0.05) is 30.0 Å². The molecule has 2 aromatic carbocycles. The number of nitro benzene ring substituents is 1. The number of hydrogen-bond donors (Lipinski definition) is 2. The highest BCUT2D eigenvalue weighted by atomic mass is 32.2. The van der Waals surface area contributed by atoms with Gasteiger partial charge in [0.25, 0.3) is 17.5 Å². The summed E-state index contributed by atoms with van der Waals surface area (Å²) in [5.41, 5.74) is 0.467. The molecule has 2 aliphatic rings. The number of aromatic hydroxyl groups is 1. The molecule has 1 saturated heterocycles. The lowest BCUT2D eigenvalue weighted by Crippen LogP contribution is -2.32. The van der Waals surface area contributed by atoms with Crippen molar-refractivity contribution in [3.05, 3.63) is 68.6 Å². The number of thiocarbonyl (C=S) groups is 1. The Bertz CT molecular complexity index is 1320. The first-order valence-corrected chi connectivity index (χ1v) is 10.4. The summed E-state index contributed by atoms with van der Waals surface area (Å²) in [6, 6.07) is 9.79. The Kier molecular flexibility index (Phi) is 5.66. The molecule has 11 nitrogen and oxygen atoms in total. The van der Waals surface area contributed by atoms with Crippen molar-refractivity contribution < 1.29 is 29.5 Å². The van der Waals surface area contributed by atoms with Crippen molar-refractivity contribution in [3.63, 3.8) is 0 Å². The number of benzene rings is 2. The third-order valence-corrected chi connectivity index (χ3v) is 6.08. The fraction of sp³-hybridized carbons (Fsp3) is 0.0500. The molecule has 166 valence electrons. The molecule has 0 bridgehead atoms. The van der Waals surface area contributed by atoms with Gasteiger partial charge >= 0.3 is 5.97 Å². The number of nitro groups is 1. The maximum atomic E-state index is 13.1. The fourth-order valence-corrected chi connectivity index (χ4v) is 4.53. The van der Waals surface area contributed by atoms with E-state index in [0.717, 1.165) is 46.1 Å².